The summed E-state index contributed by atoms with van der Waals surface area (Å²) in [5.41, 5.74) is 5.77. The monoisotopic (exact) mass is 448 g/mol. The second kappa shape index (κ2) is 9.28. The van der Waals surface area contributed by atoms with Gasteiger partial charge in [0.05, 0.1) is 22.0 Å². The Morgan fingerprint density at radius 3 is 2.83 bits per heavy atom. The van der Waals surface area contributed by atoms with Crippen molar-refractivity contribution >= 4 is 44.0 Å². The van der Waals surface area contributed by atoms with Gasteiger partial charge in [0.25, 0.3) is 12.4 Å². The predicted molar refractivity (Wildman–Crippen MR) is 113 cm³/mol. The molecule has 0 aliphatic carbocycles. The molecule has 2 aromatic heterocycles. The van der Waals surface area contributed by atoms with Gasteiger partial charge in [0.15, 0.2) is 0 Å². The number of pyridine rings is 1. The summed E-state index contributed by atoms with van der Waals surface area (Å²) in [6.45, 7) is 0.852. The molecule has 2 N–H and O–H groups in total. The minimum absolute atomic E-state index is 0.180. The van der Waals surface area contributed by atoms with Gasteiger partial charge in [-0.2, -0.15) is 4.31 Å². The van der Waals surface area contributed by atoms with Gasteiger partial charge in [-0.15, -0.1) is 11.3 Å². The molecule has 0 spiro atoms. The fourth-order valence-electron chi connectivity index (χ4n) is 3.11. The largest absolute Gasteiger partial charge is 0.483 e. The molecule has 0 fully saturated rings. The molecule has 0 saturated heterocycles. The number of hydrogen-bond acceptors (Lipinski definition) is 7. The normalized spacial score (nSPS) is 13.8. The van der Waals surface area contributed by atoms with Gasteiger partial charge in [0.1, 0.15) is 0 Å². The van der Waals surface area contributed by atoms with Crippen LogP contribution in [0.5, 0.6) is 0 Å². The van der Waals surface area contributed by atoms with E-state index in [1.807, 2.05) is 12.1 Å². The Bertz CT molecular complexity index is 1180. The first-order chi connectivity index (χ1) is 14.3. The summed E-state index contributed by atoms with van der Waals surface area (Å²) < 4.78 is 26.0. The topological polar surface area (TPSA) is 130 Å². The van der Waals surface area contributed by atoms with Gasteiger partial charge < -0.3 is 10.4 Å². The van der Waals surface area contributed by atoms with Crippen LogP contribution in [0, 0.1) is 0 Å². The van der Waals surface area contributed by atoms with E-state index in [-0.39, 0.29) is 12.4 Å². The van der Waals surface area contributed by atoms with Crippen LogP contribution in [0.1, 0.15) is 27.2 Å². The van der Waals surface area contributed by atoms with E-state index in [4.69, 9.17) is 9.90 Å². The van der Waals surface area contributed by atoms with E-state index in [2.05, 4.69) is 15.3 Å². The minimum atomic E-state index is -3.23. The molecular formula is C19H20N4O5S2. The predicted octanol–water partition coefficient (Wildman–Crippen LogP) is 1.64. The molecule has 30 heavy (non-hydrogen) atoms. The van der Waals surface area contributed by atoms with Crippen LogP contribution in [-0.2, 0) is 34.3 Å². The standard InChI is InChI=1S/C18H18N4O3S2.CH2O2/c1-27(24,25)22-5-4-15-14(10-22)6-12(8-19-15)9-20-18(23)13-2-3-17-16(7-13)21-11-26-17;2-1-3/h2-3,6-8,11H,4-5,9-10H2,1H3,(H,20,23);1H,(H,2,3). The summed E-state index contributed by atoms with van der Waals surface area (Å²) in [7, 11) is -3.23. The molecule has 0 radical (unpaired) electrons. The zero-order valence-electron chi connectivity index (χ0n) is 16.1. The lowest BCUT2D eigenvalue weighted by Crippen LogP contribution is -2.35. The Morgan fingerprint density at radius 2 is 2.10 bits per heavy atom. The number of thiazole rings is 1. The van der Waals surface area contributed by atoms with Crippen molar-refractivity contribution in [1.82, 2.24) is 19.6 Å². The SMILES string of the molecule is CS(=O)(=O)N1CCc2ncc(CNC(=O)c3ccc4scnc4c3)cc2C1.O=CO. The lowest BCUT2D eigenvalue weighted by atomic mass is 10.1. The van der Waals surface area contributed by atoms with Gasteiger partial charge in [0.2, 0.25) is 10.0 Å². The highest BCUT2D eigenvalue weighted by atomic mass is 32.2. The summed E-state index contributed by atoms with van der Waals surface area (Å²) in [4.78, 5) is 29.4. The maximum atomic E-state index is 12.4. The quantitative estimate of drug-likeness (QED) is 0.580. The maximum Gasteiger partial charge on any atom is 0.290 e. The number of rotatable bonds is 4. The smallest absolute Gasteiger partial charge is 0.290 e. The third-order valence-corrected chi connectivity index (χ3v) is 6.64. The van der Waals surface area contributed by atoms with Crippen LogP contribution >= 0.6 is 11.3 Å². The number of hydrogen-bond donors (Lipinski definition) is 2. The van der Waals surface area contributed by atoms with Crippen LogP contribution in [-0.4, -0.2) is 53.0 Å². The average Bonchev–Trinajstić information content (AvgIpc) is 3.19. The van der Waals surface area contributed by atoms with E-state index in [0.29, 0.717) is 31.6 Å². The van der Waals surface area contributed by atoms with Gasteiger partial charge in [-0.3, -0.25) is 14.6 Å². The Hall–Kier alpha value is -2.89. The first kappa shape index (κ1) is 21.8. The fraction of sp³-hybridized carbons (Fsp3) is 0.263. The molecule has 1 aliphatic rings. The van der Waals surface area contributed by atoms with Crippen LogP contribution in [0.4, 0.5) is 0 Å². The molecule has 0 bridgehead atoms. The number of fused-ring (bicyclic) bond motifs is 2. The van der Waals surface area contributed by atoms with Crippen molar-refractivity contribution in [3.05, 3.63) is 58.4 Å². The zero-order chi connectivity index (χ0) is 21.7. The highest BCUT2D eigenvalue weighted by Gasteiger charge is 2.24. The molecule has 3 heterocycles. The molecule has 1 amide bonds. The molecule has 3 aromatic rings. The third kappa shape index (κ3) is 5.17. The van der Waals surface area contributed by atoms with E-state index in [0.717, 1.165) is 27.0 Å². The van der Waals surface area contributed by atoms with Crippen LogP contribution in [0.25, 0.3) is 10.2 Å². The van der Waals surface area contributed by atoms with E-state index in [9.17, 15) is 13.2 Å². The van der Waals surface area contributed by atoms with Gasteiger partial charge in [0, 0.05) is 43.5 Å². The van der Waals surface area contributed by atoms with E-state index < -0.39 is 10.0 Å². The van der Waals surface area contributed by atoms with Gasteiger partial charge in [-0.05, 0) is 35.4 Å². The van der Waals surface area contributed by atoms with Gasteiger partial charge in [-0.25, -0.2) is 13.4 Å². The molecule has 4 rings (SSSR count). The first-order valence-electron chi connectivity index (χ1n) is 8.93. The Balaban J connectivity index is 0.000000806. The Labute approximate surface area is 177 Å². The highest BCUT2D eigenvalue weighted by molar-refractivity contribution is 7.88. The van der Waals surface area contributed by atoms with Crippen LogP contribution in [0.3, 0.4) is 0 Å². The van der Waals surface area contributed by atoms with Gasteiger partial charge in [-0.1, -0.05) is 0 Å². The van der Waals surface area contributed by atoms with Crippen LogP contribution in [0.15, 0.2) is 36.0 Å². The fourth-order valence-corrected chi connectivity index (χ4v) is 4.57. The molecule has 1 aromatic carbocycles. The number of aromatic nitrogens is 2. The summed E-state index contributed by atoms with van der Waals surface area (Å²) in [5, 5.41) is 9.77. The van der Waals surface area contributed by atoms with Crippen molar-refractivity contribution in [2.45, 2.75) is 19.5 Å². The van der Waals surface area contributed by atoms with Crippen molar-refractivity contribution in [3.63, 3.8) is 0 Å². The summed E-state index contributed by atoms with van der Waals surface area (Å²) in [6, 6.07) is 7.37. The number of nitrogens with zero attached hydrogens (tertiary/aromatic N) is 3. The molecule has 1 aliphatic heterocycles. The first-order valence-corrected chi connectivity index (χ1v) is 11.7. The molecular weight excluding hydrogens is 428 g/mol. The minimum Gasteiger partial charge on any atom is -0.483 e. The number of nitrogens with one attached hydrogen (secondary N) is 1. The van der Waals surface area contributed by atoms with E-state index >= 15 is 0 Å². The number of carboxylic acid groups (broad SMARTS) is 1. The number of benzene rings is 1. The van der Waals surface area contributed by atoms with E-state index in [1.54, 1.807) is 23.8 Å². The number of carbonyl (C=O) groups is 2. The van der Waals surface area contributed by atoms with Crippen molar-refractivity contribution in [2.75, 3.05) is 12.8 Å². The Kier molecular flexibility index (Phi) is 6.75. The molecule has 11 heteroatoms. The third-order valence-electron chi connectivity index (χ3n) is 4.58. The molecule has 158 valence electrons. The second-order valence-corrected chi connectivity index (χ2v) is 9.49. The molecule has 0 atom stereocenters. The lowest BCUT2D eigenvalue weighted by Gasteiger charge is -2.26. The molecule has 0 saturated carbocycles. The molecule has 9 nitrogen and oxygen atoms in total. The van der Waals surface area contributed by atoms with Crippen molar-refractivity contribution in [1.29, 1.82) is 0 Å². The summed E-state index contributed by atoms with van der Waals surface area (Å²) >= 11 is 1.53. The lowest BCUT2D eigenvalue weighted by molar-refractivity contribution is -0.122. The number of sulfonamides is 1. The Morgan fingerprint density at radius 1 is 1.33 bits per heavy atom. The van der Waals surface area contributed by atoms with Crippen molar-refractivity contribution in [2.24, 2.45) is 0 Å². The maximum absolute atomic E-state index is 12.4. The van der Waals surface area contributed by atoms with Crippen LogP contribution < -0.4 is 5.32 Å². The average molecular weight is 449 g/mol. The van der Waals surface area contributed by atoms with Crippen LogP contribution in [0.2, 0.25) is 0 Å². The second-order valence-electron chi connectivity index (χ2n) is 6.62. The van der Waals surface area contributed by atoms with Crippen molar-refractivity contribution < 1.29 is 23.1 Å². The van der Waals surface area contributed by atoms with Crippen molar-refractivity contribution in [3.8, 4) is 0 Å². The summed E-state index contributed by atoms with van der Waals surface area (Å²) in [5.74, 6) is -0.180. The number of amides is 1. The highest BCUT2D eigenvalue weighted by Crippen LogP contribution is 2.21. The number of carbonyl (C=O) groups excluding carboxylic acids is 1. The van der Waals surface area contributed by atoms with E-state index in [1.165, 1.54) is 21.9 Å². The molecule has 0 unspecified atom stereocenters. The summed E-state index contributed by atoms with van der Waals surface area (Å²) in [6.07, 6.45) is 3.55. The van der Waals surface area contributed by atoms with Gasteiger partial charge >= 0.3 is 0 Å². The zero-order valence-corrected chi connectivity index (χ0v) is 17.7.